The van der Waals surface area contributed by atoms with Gasteiger partial charge in [0.2, 0.25) is 5.91 Å². The molecule has 19 heavy (non-hydrogen) atoms. The van der Waals surface area contributed by atoms with Crippen molar-refractivity contribution in [3.05, 3.63) is 23.8 Å². The molecule has 2 N–H and O–H groups in total. The topological polar surface area (TPSA) is 50.4 Å². The number of hydrogen-bond donors (Lipinski definition) is 2. The van der Waals surface area contributed by atoms with Gasteiger partial charge in [0.15, 0.2) is 0 Å². The molecule has 3 rings (SSSR count). The summed E-state index contributed by atoms with van der Waals surface area (Å²) in [5, 5.41) is 6.26. The monoisotopic (exact) mass is 260 g/mol. The third-order valence-corrected chi connectivity index (χ3v) is 3.88. The fraction of sp³-hybridized carbons (Fsp3) is 0.533. The van der Waals surface area contributed by atoms with Crippen molar-refractivity contribution < 1.29 is 9.53 Å². The molecule has 1 fully saturated rings. The zero-order chi connectivity index (χ0) is 13.1. The highest BCUT2D eigenvalue weighted by atomic mass is 16.5. The van der Waals surface area contributed by atoms with Crippen LogP contribution in [0.15, 0.2) is 18.2 Å². The number of benzene rings is 1. The molecular weight excluding hydrogens is 240 g/mol. The van der Waals surface area contributed by atoms with Crippen molar-refractivity contribution in [1.29, 1.82) is 0 Å². The minimum absolute atomic E-state index is 0.0331. The molecule has 0 radical (unpaired) electrons. The molecule has 4 heteroatoms. The number of carbonyl (C=O) groups excluding carboxylic acids is 1. The number of amides is 1. The van der Waals surface area contributed by atoms with Crippen molar-refractivity contribution in [3.8, 4) is 5.75 Å². The molecule has 0 unspecified atom stereocenters. The lowest BCUT2D eigenvalue weighted by molar-refractivity contribution is -0.115. The van der Waals surface area contributed by atoms with Crippen LogP contribution in [0.2, 0.25) is 0 Å². The van der Waals surface area contributed by atoms with Crippen LogP contribution in [-0.4, -0.2) is 25.1 Å². The first-order valence-corrected chi connectivity index (χ1v) is 7.10. The highest BCUT2D eigenvalue weighted by Crippen LogP contribution is 2.27. The Labute approximate surface area is 113 Å². The molecule has 1 heterocycles. The van der Waals surface area contributed by atoms with Gasteiger partial charge >= 0.3 is 0 Å². The fourth-order valence-electron chi connectivity index (χ4n) is 2.84. The Bertz CT molecular complexity index is 467. The molecule has 0 saturated heterocycles. The molecule has 102 valence electrons. The van der Waals surface area contributed by atoms with E-state index in [-0.39, 0.29) is 5.91 Å². The molecule has 1 aromatic carbocycles. The second-order valence-electron chi connectivity index (χ2n) is 5.33. The summed E-state index contributed by atoms with van der Waals surface area (Å²) in [6.45, 7) is 1.15. The Morgan fingerprint density at radius 2 is 2.16 bits per heavy atom. The van der Waals surface area contributed by atoms with E-state index in [2.05, 4.69) is 10.6 Å². The van der Waals surface area contributed by atoms with E-state index in [1.165, 1.54) is 31.2 Å². The molecular formula is C15H20N2O2. The predicted octanol–water partition coefficient (Wildman–Crippen LogP) is 2.09. The molecule has 1 aliphatic carbocycles. The van der Waals surface area contributed by atoms with Crippen LogP contribution in [0.5, 0.6) is 5.75 Å². The second kappa shape index (κ2) is 5.61. The van der Waals surface area contributed by atoms with Crippen LogP contribution in [0.4, 0.5) is 5.69 Å². The van der Waals surface area contributed by atoms with E-state index in [4.69, 9.17) is 4.74 Å². The number of rotatable bonds is 4. The maximum atomic E-state index is 11.9. The standard InChI is InChI=1S/C15H20N2O2/c18-15(10-16-12-3-1-2-4-12)17-13-5-6-14-11(9-13)7-8-19-14/h5-6,9,12,16H,1-4,7-8,10H2,(H,17,18). The van der Waals surface area contributed by atoms with E-state index in [1.54, 1.807) is 0 Å². The number of nitrogens with one attached hydrogen (secondary N) is 2. The van der Waals surface area contributed by atoms with Gasteiger partial charge in [0.1, 0.15) is 5.75 Å². The molecule has 1 aliphatic heterocycles. The first-order chi connectivity index (χ1) is 9.31. The second-order valence-corrected chi connectivity index (χ2v) is 5.33. The van der Waals surface area contributed by atoms with Crippen molar-refractivity contribution in [2.45, 2.75) is 38.1 Å². The van der Waals surface area contributed by atoms with Gasteiger partial charge in [-0.1, -0.05) is 12.8 Å². The van der Waals surface area contributed by atoms with E-state index in [0.717, 1.165) is 24.5 Å². The zero-order valence-corrected chi connectivity index (χ0v) is 11.1. The Morgan fingerprint density at radius 1 is 1.32 bits per heavy atom. The lowest BCUT2D eigenvalue weighted by Gasteiger charge is -2.12. The SMILES string of the molecule is O=C(CNC1CCCC1)Nc1ccc2c(c1)CCO2. The van der Waals surface area contributed by atoms with Crippen LogP contribution >= 0.6 is 0 Å². The quantitative estimate of drug-likeness (QED) is 0.871. The summed E-state index contributed by atoms with van der Waals surface area (Å²) in [4.78, 5) is 11.9. The lowest BCUT2D eigenvalue weighted by Crippen LogP contribution is -2.34. The average molecular weight is 260 g/mol. The van der Waals surface area contributed by atoms with Crippen LogP contribution in [0, 0.1) is 0 Å². The molecule has 4 nitrogen and oxygen atoms in total. The smallest absolute Gasteiger partial charge is 0.238 e. The Balaban J connectivity index is 1.51. The summed E-state index contributed by atoms with van der Waals surface area (Å²) in [6, 6.07) is 6.37. The molecule has 1 saturated carbocycles. The predicted molar refractivity (Wildman–Crippen MR) is 74.5 cm³/mol. The average Bonchev–Trinajstić information content (AvgIpc) is 3.07. The van der Waals surface area contributed by atoms with Gasteiger partial charge in [-0.15, -0.1) is 0 Å². The number of hydrogen-bond acceptors (Lipinski definition) is 3. The number of anilines is 1. The van der Waals surface area contributed by atoms with Crippen molar-refractivity contribution in [3.63, 3.8) is 0 Å². The summed E-state index contributed by atoms with van der Waals surface area (Å²) in [6.07, 6.45) is 5.89. The maximum absolute atomic E-state index is 11.9. The van der Waals surface area contributed by atoms with E-state index >= 15 is 0 Å². The summed E-state index contributed by atoms with van der Waals surface area (Å²) in [7, 11) is 0. The van der Waals surface area contributed by atoms with E-state index in [1.807, 2.05) is 18.2 Å². The van der Waals surface area contributed by atoms with E-state index in [0.29, 0.717) is 12.6 Å². The van der Waals surface area contributed by atoms with Crippen LogP contribution in [-0.2, 0) is 11.2 Å². The fourth-order valence-corrected chi connectivity index (χ4v) is 2.84. The van der Waals surface area contributed by atoms with Crippen LogP contribution < -0.4 is 15.4 Å². The minimum Gasteiger partial charge on any atom is -0.493 e. The highest BCUT2D eigenvalue weighted by molar-refractivity contribution is 5.92. The number of carbonyl (C=O) groups is 1. The molecule has 0 aromatic heterocycles. The van der Waals surface area contributed by atoms with Gasteiger partial charge < -0.3 is 15.4 Å². The van der Waals surface area contributed by atoms with E-state index in [9.17, 15) is 4.79 Å². The molecule has 1 amide bonds. The summed E-state index contributed by atoms with van der Waals surface area (Å²) >= 11 is 0. The van der Waals surface area contributed by atoms with Gasteiger partial charge in [-0.2, -0.15) is 0 Å². The first-order valence-electron chi connectivity index (χ1n) is 7.10. The summed E-state index contributed by atoms with van der Waals surface area (Å²) < 4.78 is 5.45. The number of ether oxygens (including phenoxy) is 1. The van der Waals surface area contributed by atoms with Crippen LogP contribution in [0.25, 0.3) is 0 Å². The lowest BCUT2D eigenvalue weighted by atomic mass is 10.1. The maximum Gasteiger partial charge on any atom is 0.238 e. The van der Waals surface area contributed by atoms with Crippen molar-refractivity contribution in [1.82, 2.24) is 5.32 Å². The van der Waals surface area contributed by atoms with Gasteiger partial charge in [0.25, 0.3) is 0 Å². The molecule has 1 aromatic rings. The van der Waals surface area contributed by atoms with Crippen molar-refractivity contribution in [2.24, 2.45) is 0 Å². The molecule has 0 bridgehead atoms. The molecule has 0 spiro atoms. The largest absolute Gasteiger partial charge is 0.493 e. The van der Waals surface area contributed by atoms with Gasteiger partial charge in [0.05, 0.1) is 13.2 Å². The molecule has 0 atom stereocenters. The Hall–Kier alpha value is -1.55. The Morgan fingerprint density at radius 3 is 3.00 bits per heavy atom. The summed E-state index contributed by atoms with van der Waals surface area (Å²) in [5.74, 6) is 0.979. The third kappa shape index (κ3) is 3.07. The molecule has 2 aliphatic rings. The highest BCUT2D eigenvalue weighted by Gasteiger charge is 2.16. The third-order valence-electron chi connectivity index (χ3n) is 3.88. The number of fused-ring (bicyclic) bond motifs is 1. The van der Waals surface area contributed by atoms with Gasteiger partial charge in [-0.3, -0.25) is 4.79 Å². The Kier molecular flexibility index (Phi) is 3.69. The van der Waals surface area contributed by atoms with Crippen LogP contribution in [0.1, 0.15) is 31.2 Å². The summed E-state index contributed by atoms with van der Waals surface area (Å²) in [5.41, 5.74) is 2.05. The van der Waals surface area contributed by atoms with Crippen molar-refractivity contribution >= 4 is 11.6 Å². The van der Waals surface area contributed by atoms with Crippen molar-refractivity contribution in [2.75, 3.05) is 18.5 Å². The zero-order valence-electron chi connectivity index (χ0n) is 11.1. The first kappa shape index (κ1) is 12.5. The van der Waals surface area contributed by atoms with Crippen LogP contribution in [0.3, 0.4) is 0 Å². The van der Waals surface area contributed by atoms with E-state index < -0.39 is 0 Å². The minimum atomic E-state index is 0.0331. The van der Waals surface area contributed by atoms with Gasteiger partial charge in [-0.05, 0) is 36.6 Å². The van der Waals surface area contributed by atoms with Gasteiger partial charge in [0, 0.05) is 18.2 Å². The normalized spacial score (nSPS) is 18.1. The van der Waals surface area contributed by atoms with Gasteiger partial charge in [-0.25, -0.2) is 0 Å².